The predicted octanol–water partition coefficient (Wildman–Crippen LogP) is 3.31. The molecule has 2 amide bonds. The van der Waals surface area contributed by atoms with Gasteiger partial charge in [-0.1, -0.05) is 18.2 Å². The number of carbonyl (C=O) groups excluding carboxylic acids is 1. The Morgan fingerprint density at radius 1 is 1.26 bits per heavy atom. The summed E-state index contributed by atoms with van der Waals surface area (Å²) in [6.45, 7) is 1.70. The van der Waals surface area contributed by atoms with E-state index in [0.717, 1.165) is 30.8 Å². The molecule has 0 spiro atoms. The van der Waals surface area contributed by atoms with E-state index < -0.39 is 0 Å². The van der Waals surface area contributed by atoms with Crippen LogP contribution in [-0.4, -0.2) is 49.4 Å². The van der Waals surface area contributed by atoms with Gasteiger partial charge in [-0.2, -0.15) is 0 Å². The van der Waals surface area contributed by atoms with Crippen molar-refractivity contribution in [3.63, 3.8) is 0 Å². The molecule has 144 valence electrons. The number of aromatic nitrogens is 1. The zero-order chi connectivity index (χ0) is 19.1. The van der Waals surface area contributed by atoms with Crippen LogP contribution in [0.3, 0.4) is 0 Å². The number of amides is 2. The van der Waals surface area contributed by atoms with Crippen molar-refractivity contribution in [2.45, 2.75) is 25.5 Å². The minimum absolute atomic E-state index is 0.0550. The van der Waals surface area contributed by atoms with Gasteiger partial charge in [-0.25, -0.2) is 9.78 Å². The molecule has 27 heavy (non-hydrogen) atoms. The summed E-state index contributed by atoms with van der Waals surface area (Å²) in [4.78, 5) is 18.8. The van der Waals surface area contributed by atoms with Crippen LogP contribution in [0.2, 0.25) is 0 Å². The molecular formula is C20H25N3O4. The third-order valence-corrected chi connectivity index (χ3v) is 4.49. The van der Waals surface area contributed by atoms with Gasteiger partial charge >= 0.3 is 6.03 Å². The molecule has 1 saturated heterocycles. The average molecular weight is 371 g/mol. The van der Waals surface area contributed by atoms with Crippen molar-refractivity contribution >= 4 is 11.7 Å². The Bertz CT molecular complexity index is 745. The Kier molecular flexibility index (Phi) is 6.49. The normalized spacial score (nSPS) is 16.0. The number of ether oxygens (including phenoxy) is 3. The molecule has 0 radical (unpaired) electrons. The highest BCUT2D eigenvalue weighted by molar-refractivity contribution is 5.89. The molecule has 1 N–H and O–H groups in total. The van der Waals surface area contributed by atoms with E-state index >= 15 is 0 Å². The van der Waals surface area contributed by atoms with Crippen molar-refractivity contribution in [2.75, 3.05) is 32.7 Å². The van der Waals surface area contributed by atoms with Crippen molar-refractivity contribution < 1.29 is 19.0 Å². The largest absolute Gasteiger partial charge is 0.496 e. The lowest BCUT2D eigenvalue weighted by Gasteiger charge is -2.26. The fourth-order valence-electron chi connectivity index (χ4n) is 3.07. The van der Waals surface area contributed by atoms with Crippen LogP contribution in [0.5, 0.6) is 11.6 Å². The van der Waals surface area contributed by atoms with E-state index in [-0.39, 0.29) is 12.1 Å². The molecule has 1 aromatic carbocycles. The molecule has 0 saturated carbocycles. The smallest absolute Gasteiger partial charge is 0.322 e. The van der Waals surface area contributed by atoms with Crippen molar-refractivity contribution in [3.05, 3.63) is 48.2 Å². The standard InChI is InChI=1S/C20H25N3O4/c1-25-18-8-4-3-6-15(18)13-23(14-17-7-5-11-27-17)20(24)22-16-9-10-19(26-2)21-12-16/h3-4,6,8-10,12,17H,5,7,11,13-14H2,1-2H3,(H,22,24)/t17-/m1/s1. The molecule has 2 aromatic rings. The molecule has 1 aliphatic heterocycles. The van der Waals surface area contributed by atoms with Crippen molar-refractivity contribution in [1.82, 2.24) is 9.88 Å². The van der Waals surface area contributed by atoms with Gasteiger partial charge in [-0.3, -0.25) is 0 Å². The minimum atomic E-state index is -0.205. The van der Waals surface area contributed by atoms with Crippen LogP contribution in [0.4, 0.5) is 10.5 Å². The first-order valence-electron chi connectivity index (χ1n) is 8.99. The Hall–Kier alpha value is -2.80. The number of anilines is 1. The number of methoxy groups -OCH3 is 2. The Balaban J connectivity index is 1.74. The summed E-state index contributed by atoms with van der Waals surface area (Å²) >= 11 is 0. The van der Waals surface area contributed by atoms with Crippen LogP contribution in [0, 0.1) is 0 Å². The molecule has 0 bridgehead atoms. The Labute approximate surface area is 159 Å². The summed E-state index contributed by atoms with van der Waals surface area (Å²) in [6, 6.07) is 11.0. The quantitative estimate of drug-likeness (QED) is 0.808. The predicted molar refractivity (Wildman–Crippen MR) is 102 cm³/mol. The molecule has 0 unspecified atom stereocenters. The van der Waals surface area contributed by atoms with Gasteiger partial charge in [0.15, 0.2) is 0 Å². The zero-order valence-electron chi connectivity index (χ0n) is 15.7. The fourth-order valence-corrected chi connectivity index (χ4v) is 3.07. The van der Waals surface area contributed by atoms with E-state index in [2.05, 4.69) is 10.3 Å². The summed E-state index contributed by atoms with van der Waals surface area (Å²) < 4.78 is 16.2. The van der Waals surface area contributed by atoms with E-state index in [0.29, 0.717) is 24.7 Å². The number of pyridine rings is 1. The first-order chi connectivity index (χ1) is 13.2. The minimum Gasteiger partial charge on any atom is -0.496 e. The van der Waals surface area contributed by atoms with Crippen LogP contribution >= 0.6 is 0 Å². The van der Waals surface area contributed by atoms with Crippen LogP contribution in [0.1, 0.15) is 18.4 Å². The second kappa shape index (κ2) is 9.23. The molecule has 7 nitrogen and oxygen atoms in total. The second-order valence-corrected chi connectivity index (χ2v) is 6.35. The average Bonchev–Trinajstić information content (AvgIpc) is 3.21. The van der Waals surface area contributed by atoms with E-state index in [9.17, 15) is 4.79 Å². The molecule has 1 aromatic heterocycles. The molecule has 1 fully saturated rings. The third kappa shape index (κ3) is 5.10. The van der Waals surface area contributed by atoms with Crippen LogP contribution in [0.15, 0.2) is 42.6 Å². The number of rotatable bonds is 7. The molecule has 2 heterocycles. The van der Waals surface area contributed by atoms with Crippen LogP contribution < -0.4 is 14.8 Å². The summed E-state index contributed by atoms with van der Waals surface area (Å²) in [5.41, 5.74) is 1.55. The Morgan fingerprint density at radius 2 is 2.11 bits per heavy atom. The van der Waals surface area contributed by atoms with Crippen LogP contribution in [-0.2, 0) is 11.3 Å². The number of benzene rings is 1. The maximum absolute atomic E-state index is 12.9. The van der Waals surface area contributed by atoms with E-state index in [1.54, 1.807) is 37.4 Å². The third-order valence-electron chi connectivity index (χ3n) is 4.49. The highest BCUT2D eigenvalue weighted by Gasteiger charge is 2.24. The first kappa shape index (κ1) is 19.0. The highest BCUT2D eigenvalue weighted by Crippen LogP contribution is 2.22. The van der Waals surface area contributed by atoms with Gasteiger partial charge in [0, 0.05) is 24.8 Å². The Morgan fingerprint density at radius 3 is 2.78 bits per heavy atom. The topological polar surface area (TPSA) is 72.9 Å². The summed E-state index contributed by atoms with van der Waals surface area (Å²) in [6.07, 6.45) is 3.61. The zero-order valence-corrected chi connectivity index (χ0v) is 15.7. The molecule has 0 aliphatic carbocycles. The van der Waals surface area contributed by atoms with Gasteiger partial charge in [0.05, 0.1) is 38.8 Å². The summed E-state index contributed by atoms with van der Waals surface area (Å²) in [5.74, 6) is 1.26. The second-order valence-electron chi connectivity index (χ2n) is 6.35. The number of nitrogens with one attached hydrogen (secondary N) is 1. The van der Waals surface area contributed by atoms with Gasteiger partial charge < -0.3 is 24.4 Å². The van der Waals surface area contributed by atoms with Gasteiger partial charge in [0.25, 0.3) is 0 Å². The van der Waals surface area contributed by atoms with Gasteiger partial charge in [-0.05, 0) is 25.0 Å². The van der Waals surface area contributed by atoms with Gasteiger partial charge in [0.1, 0.15) is 5.75 Å². The van der Waals surface area contributed by atoms with E-state index in [4.69, 9.17) is 14.2 Å². The molecule has 7 heteroatoms. The number of hydrogen-bond donors (Lipinski definition) is 1. The molecular weight excluding hydrogens is 346 g/mol. The summed E-state index contributed by atoms with van der Waals surface area (Å²) in [5, 5.41) is 2.90. The number of carbonyl (C=O) groups is 1. The maximum atomic E-state index is 12.9. The molecule has 3 rings (SSSR count). The van der Waals surface area contributed by atoms with Crippen LogP contribution in [0.25, 0.3) is 0 Å². The van der Waals surface area contributed by atoms with Crippen molar-refractivity contribution in [2.24, 2.45) is 0 Å². The number of nitrogens with zero attached hydrogens (tertiary/aromatic N) is 2. The first-order valence-corrected chi connectivity index (χ1v) is 8.99. The number of para-hydroxylation sites is 1. The fraction of sp³-hybridized carbons (Fsp3) is 0.400. The summed E-state index contributed by atoms with van der Waals surface area (Å²) in [7, 11) is 3.18. The lowest BCUT2D eigenvalue weighted by Crippen LogP contribution is -2.39. The molecule has 1 aliphatic rings. The van der Waals surface area contributed by atoms with Crippen molar-refractivity contribution in [1.29, 1.82) is 0 Å². The SMILES string of the molecule is COc1ccc(NC(=O)N(Cc2ccccc2OC)C[C@H]2CCCO2)cn1. The van der Waals surface area contributed by atoms with Crippen molar-refractivity contribution in [3.8, 4) is 11.6 Å². The lowest BCUT2D eigenvalue weighted by molar-refractivity contribution is 0.0817. The lowest BCUT2D eigenvalue weighted by atomic mass is 10.1. The van der Waals surface area contributed by atoms with Gasteiger partial charge in [-0.15, -0.1) is 0 Å². The number of hydrogen-bond acceptors (Lipinski definition) is 5. The maximum Gasteiger partial charge on any atom is 0.322 e. The molecule has 1 atom stereocenters. The monoisotopic (exact) mass is 371 g/mol. The van der Waals surface area contributed by atoms with E-state index in [1.165, 1.54) is 0 Å². The van der Waals surface area contributed by atoms with Gasteiger partial charge in [0.2, 0.25) is 5.88 Å². The number of urea groups is 1. The highest BCUT2D eigenvalue weighted by atomic mass is 16.5. The van der Waals surface area contributed by atoms with E-state index in [1.807, 2.05) is 24.3 Å².